The standard InChI is InChI=1S/C15H12F5N3O2/c16-14(17,9-24)13-21-8-11(2-1-7-22-23-13)10-3-5-12(6-4-10)25-15(18,19)20/h1-8,24H,9H2,(H,21,23). The Bertz CT molecular complexity index is 758. The van der Waals surface area contributed by atoms with Crippen LogP contribution in [-0.4, -0.2) is 33.3 Å². The van der Waals surface area contributed by atoms with E-state index < -0.39 is 30.5 Å². The monoisotopic (exact) mass is 361 g/mol. The molecule has 0 spiro atoms. The number of benzene rings is 1. The van der Waals surface area contributed by atoms with Crippen LogP contribution >= 0.6 is 0 Å². The van der Waals surface area contributed by atoms with Gasteiger partial charge in [-0.15, -0.1) is 13.2 Å². The van der Waals surface area contributed by atoms with Gasteiger partial charge in [0, 0.05) is 18.0 Å². The first kappa shape index (κ1) is 18.6. The molecule has 134 valence electrons. The van der Waals surface area contributed by atoms with Gasteiger partial charge >= 0.3 is 12.3 Å². The molecule has 1 aromatic carbocycles. The first-order valence-corrected chi connectivity index (χ1v) is 6.80. The van der Waals surface area contributed by atoms with Crippen LogP contribution in [0.4, 0.5) is 22.0 Å². The fraction of sp³-hybridized carbons (Fsp3) is 0.200. The molecule has 1 heterocycles. The minimum absolute atomic E-state index is 0.333. The molecule has 0 aliphatic heterocycles. The molecule has 10 heteroatoms. The van der Waals surface area contributed by atoms with Crippen molar-refractivity contribution >= 4 is 0 Å². The summed E-state index contributed by atoms with van der Waals surface area (Å²) in [6.45, 7) is -1.46. The normalized spacial score (nSPS) is 11.8. The molecule has 0 aliphatic rings. The van der Waals surface area contributed by atoms with Gasteiger partial charge in [0.15, 0.2) is 5.82 Å². The van der Waals surface area contributed by atoms with Crippen molar-refractivity contribution in [3.05, 3.63) is 54.6 Å². The maximum absolute atomic E-state index is 13.5. The van der Waals surface area contributed by atoms with E-state index in [0.29, 0.717) is 11.1 Å². The van der Waals surface area contributed by atoms with Gasteiger partial charge in [-0.3, -0.25) is 5.10 Å². The van der Waals surface area contributed by atoms with Gasteiger partial charge in [-0.1, -0.05) is 18.2 Å². The lowest BCUT2D eigenvalue weighted by Gasteiger charge is -2.10. The summed E-state index contributed by atoms with van der Waals surface area (Å²) in [5.74, 6) is -4.92. The van der Waals surface area contributed by atoms with E-state index in [2.05, 4.69) is 14.8 Å². The molecule has 2 rings (SSSR count). The molecule has 0 radical (unpaired) electrons. The Hall–Kier alpha value is -2.75. The summed E-state index contributed by atoms with van der Waals surface area (Å²) in [5.41, 5.74) is 0.747. The molecule has 0 unspecified atom stereocenters. The Morgan fingerprint density at radius 2 is 1.68 bits per heavy atom. The van der Waals surface area contributed by atoms with E-state index in [1.807, 2.05) is 5.10 Å². The van der Waals surface area contributed by atoms with Gasteiger partial charge < -0.3 is 9.84 Å². The zero-order chi connectivity index (χ0) is 18.5. The third-order valence-electron chi connectivity index (χ3n) is 2.91. The minimum Gasteiger partial charge on any atom is -0.406 e. The van der Waals surface area contributed by atoms with Crippen molar-refractivity contribution in [2.75, 3.05) is 6.61 Å². The molecule has 0 saturated heterocycles. The Kier molecular flexibility index (Phi) is 5.52. The molecule has 0 fully saturated rings. The molecule has 0 bridgehead atoms. The quantitative estimate of drug-likeness (QED) is 0.817. The van der Waals surface area contributed by atoms with Crippen molar-refractivity contribution < 1.29 is 31.8 Å². The molecule has 0 amide bonds. The first-order valence-electron chi connectivity index (χ1n) is 6.80. The predicted octanol–water partition coefficient (Wildman–Crippen LogP) is 3.58. The number of hydrogen-bond donors (Lipinski definition) is 2. The van der Waals surface area contributed by atoms with E-state index in [1.165, 1.54) is 30.5 Å². The third kappa shape index (κ3) is 5.38. The van der Waals surface area contributed by atoms with E-state index in [4.69, 9.17) is 5.11 Å². The van der Waals surface area contributed by atoms with Crippen molar-refractivity contribution in [1.82, 2.24) is 15.2 Å². The number of aliphatic hydroxyl groups excluding tert-OH is 1. The van der Waals surface area contributed by atoms with Crippen molar-refractivity contribution in [2.45, 2.75) is 12.3 Å². The van der Waals surface area contributed by atoms with Gasteiger partial charge in [0.1, 0.15) is 12.4 Å². The molecular weight excluding hydrogens is 349 g/mol. The molecule has 5 nitrogen and oxygen atoms in total. The molecular formula is C15H12F5N3O2. The fourth-order valence-electron chi connectivity index (χ4n) is 1.77. The van der Waals surface area contributed by atoms with Crippen LogP contribution in [0, 0.1) is 0 Å². The Morgan fingerprint density at radius 1 is 1.00 bits per heavy atom. The maximum atomic E-state index is 13.5. The topological polar surface area (TPSA) is 71.0 Å². The summed E-state index contributed by atoms with van der Waals surface area (Å²) in [6.07, 6.45) is -2.55. The number of hydrogen-bond acceptors (Lipinski definition) is 4. The van der Waals surface area contributed by atoms with E-state index in [1.54, 1.807) is 0 Å². The van der Waals surface area contributed by atoms with E-state index in [0.717, 1.165) is 18.3 Å². The second-order valence-electron chi connectivity index (χ2n) is 4.75. The summed E-state index contributed by atoms with van der Waals surface area (Å²) in [4.78, 5) is 3.58. The van der Waals surface area contributed by atoms with E-state index >= 15 is 0 Å². The Morgan fingerprint density at radius 3 is 2.28 bits per heavy atom. The first-order chi connectivity index (χ1) is 11.7. The molecule has 25 heavy (non-hydrogen) atoms. The number of aromatic nitrogens is 3. The lowest BCUT2D eigenvalue weighted by atomic mass is 10.1. The Labute approximate surface area is 138 Å². The average Bonchev–Trinajstić information content (AvgIpc) is 2.66. The molecule has 0 atom stereocenters. The fourth-order valence-corrected chi connectivity index (χ4v) is 1.77. The molecule has 2 aromatic rings. The average molecular weight is 361 g/mol. The lowest BCUT2D eigenvalue weighted by Crippen LogP contribution is -2.21. The van der Waals surface area contributed by atoms with E-state index in [-0.39, 0.29) is 0 Å². The largest absolute Gasteiger partial charge is 0.573 e. The highest BCUT2D eigenvalue weighted by Crippen LogP contribution is 2.26. The van der Waals surface area contributed by atoms with Crippen molar-refractivity contribution in [1.29, 1.82) is 0 Å². The van der Waals surface area contributed by atoms with Crippen LogP contribution < -0.4 is 4.74 Å². The second-order valence-corrected chi connectivity index (χ2v) is 4.75. The number of aliphatic hydroxyl groups is 1. The summed E-state index contributed by atoms with van der Waals surface area (Å²) < 4.78 is 67.3. The number of rotatable bonds is 4. The highest BCUT2D eigenvalue weighted by atomic mass is 19.4. The van der Waals surface area contributed by atoms with Crippen molar-refractivity contribution in [3.8, 4) is 16.9 Å². The Balaban J connectivity index is 2.40. The number of aromatic amines is 1. The SMILES string of the molecule is OCC(F)(F)c1ncc(-c2ccc(OC(F)(F)F)cc2)cccn[nH]1. The summed E-state index contributed by atoms with van der Waals surface area (Å²) >= 11 is 0. The van der Waals surface area contributed by atoms with Gasteiger partial charge in [-0.25, -0.2) is 4.98 Å². The van der Waals surface area contributed by atoms with Crippen LogP contribution in [0.1, 0.15) is 5.82 Å². The van der Waals surface area contributed by atoms with Crippen LogP contribution in [0.25, 0.3) is 11.1 Å². The number of halogens is 5. The van der Waals surface area contributed by atoms with Gasteiger partial charge in [0.25, 0.3) is 0 Å². The van der Waals surface area contributed by atoms with Crippen LogP contribution in [-0.2, 0) is 5.92 Å². The van der Waals surface area contributed by atoms with Crippen LogP contribution in [0.2, 0.25) is 0 Å². The zero-order valence-corrected chi connectivity index (χ0v) is 12.5. The number of nitrogens with one attached hydrogen (secondary N) is 1. The van der Waals surface area contributed by atoms with Gasteiger partial charge in [-0.05, 0) is 23.8 Å². The summed E-state index contributed by atoms with van der Waals surface area (Å²) in [6, 6.07) is 7.72. The molecule has 2 N–H and O–H groups in total. The number of H-pyrrole nitrogens is 1. The van der Waals surface area contributed by atoms with Crippen molar-refractivity contribution in [3.63, 3.8) is 0 Å². The number of alkyl halides is 5. The van der Waals surface area contributed by atoms with Gasteiger partial charge in [-0.2, -0.15) is 13.9 Å². The predicted molar refractivity (Wildman–Crippen MR) is 77.1 cm³/mol. The number of nitrogens with zero attached hydrogens (tertiary/aromatic N) is 2. The second kappa shape index (κ2) is 7.43. The highest BCUT2D eigenvalue weighted by Gasteiger charge is 2.33. The van der Waals surface area contributed by atoms with E-state index in [9.17, 15) is 22.0 Å². The lowest BCUT2D eigenvalue weighted by molar-refractivity contribution is -0.274. The van der Waals surface area contributed by atoms with Crippen LogP contribution in [0.3, 0.4) is 0 Å². The smallest absolute Gasteiger partial charge is 0.406 e. The maximum Gasteiger partial charge on any atom is 0.573 e. The van der Waals surface area contributed by atoms with Gasteiger partial charge in [0.2, 0.25) is 0 Å². The van der Waals surface area contributed by atoms with Crippen LogP contribution in [0.5, 0.6) is 5.75 Å². The molecule has 1 aromatic heterocycles. The molecule has 0 saturated carbocycles. The van der Waals surface area contributed by atoms with Crippen molar-refractivity contribution in [2.24, 2.45) is 0 Å². The van der Waals surface area contributed by atoms with Crippen LogP contribution in [0.15, 0.2) is 48.8 Å². The number of ether oxygens (including phenoxy) is 1. The van der Waals surface area contributed by atoms with Gasteiger partial charge in [0.05, 0.1) is 0 Å². The minimum atomic E-state index is -4.81. The highest BCUT2D eigenvalue weighted by molar-refractivity contribution is 5.62. The molecule has 0 aliphatic carbocycles. The zero-order valence-electron chi connectivity index (χ0n) is 12.5. The summed E-state index contributed by atoms with van der Waals surface area (Å²) in [7, 11) is 0. The third-order valence-corrected chi connectivity index (χ3v) is 2.91. The summed E-state index contributed by atoms with van der Waals surface area (Å²) in [5, 5.41) is 14.3.